The minimum Gasteiger partial charge on any atom is -0.457 e. The molecule has 0 amide bonds. The van der Waals surface area contributed by atoms with E-state index in [9.17, 15) is 14.3 Å². The van der Waals surface area contributed by atoms with E-state index >= 15 is 0 Å². The Morgan fingerprint density at radius 2 is 0.887 bits per heavy atom. The first-order valence-corrected chi connectivity index (χ1v) is 27.4. The summed E-state index contributed by atoms with van der Waals surface area (Å²) >= 11 is 0. The third-order valence-electron chi connectivity index (χ3n) is 11.1. The van der Waals surface area contributed by atoms with Crippen molar-refractivity contribution in [3.05, 3.63) is 48.6 Å². The van der Waals surface area contributed by atoms with Gasteiger partial charge in [-0.05, 0) is 77.0 Å². The predicted octanol–water partition coefficient (Wildman–Crippen LogP) is 15.9. The summed E-state index contributed by atoms with van der Waals surface area (Å²) in [6.45, 7) is 5.60. The monoisotopic (exact) mass is 895 g/mol. The zero-order chi connectivity index (χ0) is 45.5. The molecule has 1 N–H and O–H groups in total. The summed E-state index contributed by atoms with van der Waals surface area (Å²) in [5.41, 5.74) is 0. The fourth-order valence-electron chi connectivity index (χ4n) is 7.08. The molecular weight excluding hydrogens is 794 g/mol. The van der Waals surface area contributed by atoms with E-state index < -0.39 is 13.9 Å². The Morgan fingerprint density at radius 3 is 1.34 bits per heavy atom. The lowest BCUT2D eigenvalue weighted by Gasteiger charge is -2.24. The summed E-state index contributed by atoms with van der Waals surface area (Å²) in [6.07, 6.45) is 57.2. The molecule has 0 aliphatic rings. The number of esters is 1. The van der Waals surface area contributed by atoms with Crippen LogP contribution < -0.4 is 0 Å². The highest BCUT2D eigenvalue weighted by Crippen LogP contribution is 2.43. The van der Waals surface area contributed by atoms with Crippen LogP contribution in [0.4, 0.5) is 0 Å². The summed E-state index contributed by atoms with van der Waals surface area (Å²) in [5.74, 6) is -0.321. The molecule has 0 aromatic heterocycles. The molecule has 62 heavy (non-hydrogen) atoms. The molecule has 364 valence electrons. The summed E-state index contributed by atoms with van der Waals surface area (Å²) in [5, 5.41) is 0. The number of allylic oxidation sites excluding steroid dienone is 8. The Bertz CT molecular complexity index is 1130. The largest absolute Gasteiger partial charge is 0.472 e. The Morgan fingerprint density at radius 1 is 0.500 bits per heavy atom. The first-order valence-electron chi connectivity index (χ1n) is 25.9. The molecule has 0 saturated heterocycles. The topological polar surface area (TPSA) is 91.3 Å². The maximum Gasteiger partial charge on any atom is 0.472 e. The molecule has 8 nitrogen and oxygen atoms in total. The third kappa shape index (κ3) is 49.5. The van der Waals surface area contributed by atoms with Crippen molar-refractivity contribution >= 4 is 13.8 Å². The highest BCUT2D eigenvalue weighted by atomic mass is 31.2. The summed E-state index contributed by atoms with van der Waals surface area (Å²) in [6, 6.07) is 0. The van der Waals surface area contributed by atoms with Crippen LogP contribution >= 0.6 is 7.82 Å². The maximum absolute atomic E-state index is 12.8. The van der Waals surface area contributed by atoms with Gasteiger partial charge >= 0.3 is 13.8 Å². The minimum atomic E-state index is -4.29. The number of phosphoric ester groups is 1. The van der Waals surface area contributed by atoms with Crippen molar-refractivity contribution in [2.75, 3.05) is 54.1 Å². The number of rotatable bonds is 48. The Balaban J connectivity index is 4.17. The lowest BCUT2D eigenvalue weighted by atomic mass is 10.1. The van der Waals surface area contributed by atoms with Crippen LogP contribution in [0.1, 0.15) is 226 Å². The smallest absolute Gasteiger partial charge is 0.457 e. The number of nitrogens with zero attached hydrogens (tertiary/aromatic N) is 1. The second-order valence-electron chi connectivity index (χ2n) is 18.5. The number of quaternary nitrogens is 1. The fourth-order valence-corrected chi connectivity index (χ4v) is 7.83. The maximum atomic E-state index is 12.8. The van der Waals surface area contributed by atoms with Crippen molar-refractivity contribution in [1.82, 2.24) is 0 Å². The molecule has 0 spiro atoms. The molecule has 0 rings (SSSR count). The van der Waals surface area contributed by atoms with Crippen molar-refractivity contribution in [2.45, 2.75) is 232 Å². The highest BCUT2D eigenvalue weighted by molar-refractivity contribution is 7.47. The van der Waals surface area contributed by atoms with Crippen LogP contribution in [0.3, 0.4) is 0 Å². The summed E-state index contributed by atoms with van der Waals surface area (Å²) < 4.78 is 35.1. The van der Waals surface area contributed by atoms with Gasteiger partial charge in [-0.3, -0.25) is 13.8 Å². The summed E-state index contributed by atoms with van der Waals surface area (Å²) in [7, 11) is 1.66. The first kappa shape index (κ1) is 60.5. The number of phosphoric acid groups is 1. The van der Waals surface area contributed by atoms with Crippen molar-refractivity contribution in [2.24, 2.45) is 0 Å². The first-order chi connectivity index (χ1) is 30.1. The number of hydrogen-bond acceptors (Lipinski definition) is 6. The molecule has 0 fully saturated rings. The molecular formula is C53H101NO7P+. The van der Waals surface area contributed by atoms with Crippen molar-refractivity contribution in [3.63, 3.8) is 0 Å². The van der Waals surface area contributed by atoms with Gasteiger partial charge in [0.2, 0.25) is 0 Å². The van der Waals surface area contributed by atoms with E-state index in [-0.39, 0.29) is 25.8 Å². The van der Waals surface area contributed by atoms with E-state index in [1.165, 1.54) is 154 Å². The number of ether oxygens (including phenoxy) is 2. The second kappa shape index (κ2) is 46.0. The van der Waals surface area contributed by atoms with E-state index in [4.69, 9.17) is 18.5 Å². The molecule has 9 heteroatoms. The molecule has 0 radical (unpaired) electrons. The van der Waals surface area contributed by atoms with Crippen molar-refractivity contribution in [3.8, 4) is 0 Å². The molecule has 2 unspecified atom stereocenters. The zero-order valence-electron chi connectivity index (χ0n) is 41.4. The zero-order valence-corrected chi connectivity index (χ0v) is 42.3. The van der Waals surface area contributed by atoms with Crippen LogP contribution in [0.5, 0.6) is 0 Å². The van der Waals surface area contributed by atoms with Gasteiger partial charge in [-0.2, -0.15) is 0 Å². The lowest BCUT2D eigenvalue weighted by Crippen LogP contribution is -2.37. The number of likely N-dealkylation sites (N-methyl/N-ethyl adjacent to an activating group) is 1. The van der Waals surface area contributed by atoms with Gasteiger partial charge in [-0.25, -0.2) is 4.57 Å². The summed E-state index contributed by atoms with van der Waals surface area (Å²) in [4.78, 5) is 23.0. The molecule has 2 atom stereocenters. The van der Waals surface area contributed by atoms with Crippen LogP contribution in [0.15, 0.2) is 48.6 Å². The van der Waals surface area contributed by atoms with Gasteiger partial charge in [0.25, 0.3) is 0 Å². The second-order valence-corrected chi connectivity index (χ2v) is 20.0. The Hall–Kier alpha value is -1.54. The number of hydrogen-bond donors (Lipinski definition) is 1. The third-order valence-corrected chi connectivity index (χ3v) is 12.1. The minimum absolute atomic E-state index is 0.0847. The lowest BCUT2D eigenvalue weighted by molar-refractivity contribution is -0.870. The predicted molar refractivity (Wildman–Crippen MR) is 266 cm³/mol. The van der Waals surface area contributed by atoms with Gasteiger partial charge < -0.3 is 18.9 Å². The molecule has 0 saturated carbocycles. The molecule has 0 heterocycles. The SMILES string of the molecule is CCCCCCC/C=C\C/C=C\C/C=C\CCCCCCCCCOCC(COP(=O)(O)OCC[N+](C)(C)C)OC(=O)CCCCCCCCC/C=C\CCCCCCCCC. The molecule has 0 bridgehead atoms. The van der Waals surface area contributed by atoms with E-state index in [0.717, 1.165) is 51.4 Å². The number of carbonyl (C=O) groups is 1. The average Bonchev–Trinajstić information content (AvgIpc) is 3.23. The quantitative estimate of drug-likeness (QED) is 0.0214. The van der Waals surface area contributed by atoms with Crippen LogP contribution in [-0.2, 0) is 27.9 Å². The van der Waals surface area contributed by atoms with Gasteiger partial charge in [0.1, 0.15) is 19.3 Å². The van der Waals surface area contributed by atoms with E-state index in [0.29, 0.717) is 24.1 Å². The Labute approximate surface area is 384 Å². The van der Waals surface area contributed by atoms with Gasteiger partial charge in [-0.15, -0.1) is 0 Å². The van der Waals surface area contributed by atoms with Gasteiger partial charge in [0.15, 0.2) is 0 Å². The van der Waals surface area contributed by atoms with Gasteiger partial charge in [0.05, 0.1) is 34.4 Å². The van der Waals surface area contributed by atoms with Crippen LogP contribution in [-0.4, -0.2) is 75.6 Å². The van der Waals surface area contributed by atoms with Crippen LogP contribution in [0.2, 0.25) is 0 Å². The van der Waals surface area contributed by atoms with Crippen LogP contribution in [0, 0.1) is 0 Å². The molecule has 0 aliphatic carbocycles. The Kier molecular flexibility index (Phi) is 44.9. The van der Waals surface area contributed by atoms with Crippen LogP contribution in [0.25, 0.3) is 0 Å². The van der Waals surface area contributed by atoms with Gasteiger partial charge in [0, 0.05) is 13.0 Å². The van der Waals surface area contributed by atoms with Crippen molar-refractivity contribution < 1.29 is 37.3 Å². The van der Waals surface area contributed by atoms with E-state index in [2.05, 4.69) is 62.5 Å². The normalized spacial score (nSPS) is 14.0. The average molecular weight is 895 g/mol. The van der Waals surface area contributed by atoms with Gasteiger partial charge in [-0.1, -0.05) is 191 Å². The molecule has 0 aromatic carbocycles. The standard InChI is InChI=1S/C53H100NO7P/c1-6-8-10-12-14-16-18-20-22-24-26-27-28-29-31-33-35-37-39-41-43-45-48-58-50-52(51-60-62(56,57)59-49-47-54(3,4)5)61-53(55)46-44-42-40-38-36-34-32-30-25-23-21-19-17-15-13-11-9-7-2/h18,20,23-26,28-29,52H,6-17,19,21-22,27,30-51H2,1-5H3/p+1/b20-18-,25-23-,26-24-,29-28-. The van der Waals surface area contributed by atoms with E-state index in [1.807, 2.05) is 21.1 Å². The van der Waals surface area contributed by atoms with E-state index in [1.54, 1.807) is 0 Å². The van der Waals surface area contributed by atoms with Crippen molar-refractivity contribution in [1.29, 1.82) is 0 Å². The highest BCUT2D eigenvalue weighted by Gasteiger charge is 2.26. The molecule has 0 aliphatic heterocycles. The number of unbranched alkanes of at least 4 members (excludes halogenated alkanes) is 26. The fraction of sp³-hybridized carbons (Fsp3) is 0.830. The molecule has 0 aromatic rings. The number of carbonyl (C=O) groups excluding carboxylic acids is 1.